The molecule has 2 aliphatic rings. The van der Waals surface area contributed by atoms with Crippen molar-refractivity contribution in [3.63, 3.8) is 0 Å². The van der Waals surface area contributed by atoms with Gasteiger partial charge in [-0.3, -0.25) is 4.79 Å². The quantitative estimate of drug-likeness (QED) is 0.729. The van der Waals surface area contributed by atoms with Gasteiger partial charge in [-0.2, -0.15) is 11.8 Å². The number of nitrogens with zero attached hydrogens (tertiary/aromatic N) is 1. The Balaban J connectivity index is 1.98. The summed E-state index contributed by atoms with van der Waals surface area (Å²) in [6.07, 6.45) is 3.38. The summed E-state index contributed by atoms with van der Waals surface area (Å²) in [6.45, 7) is 4.92. The molecule has 0 aliphatic carbocycles. The number of carbonyl (C=O) groups excluding carboxylic acids is 1. The van der Waals surface area contributed by atoms with Crippen LogP contribution >= 0.6 is 11.8 Å². The molecule has 2 saturated heterocycles. The number of carbonyl (C=O) groups is 1. The second kappa shape index (κ2) is 4.74. The Kier molecular flexibility index (Phi) is 3.57. The Labute approximate surface area is 96.0 Å². The number of rotatable bonds is 1. The summed E-state index contributed by atoms with van der Waals surface area (Å²) in [4.78, 5) is 14.4. The molecule has 0 aromatic carbocycles. The van der Waals surface area contributed by atoms with E-state index in [1.807, 2.05) is 16.7 Å². The third kappa shape index (κ3) is 2.48. The molecule has 1 unspecified atom stereocenters. The molecule has 15 heavy (non-hydrogen) atoms. The monoisotopic (exact) mass is 228 g/mol. The van der Waals surface area contributed by atoms with E-state index in [0.29, 0.717) is 5.91 Å². The lowest BCUT2D eigenvalue weighted by Gasteiger charge is -2.39. The molecule has 2 fully saturated rings. The van der Waals surface area contributed by atoms with Gasteiger partial charge in [0.05, 0.1) is 5.54 Å². The van der Waals surface area contributed by atoms with E-state index in [1.165, 1.54) is 12.8 Å². The Morgan fingerprint density at radius 3 is 2.67 bits per heavy atom. The van der Waals surface area contributed by atoms with Crippen molar-refractivity contribution in [3.8, 4) is 0 Å². The van der Waals surface area contributed by atoms with Crippen molar-refractivity contribution in [3.05, 3.63) is 0 Å². The van der Waals surface area contributed by atoms with Gasteiger partial charge < -0.3 is 10.2 Å². The maximum Gasteiger partial charge on any atom is 0.242 e. The maximum absolute atomic E-state index is 12.3. The highest BCUT2D eigenvalue weighted by Gasteiger charge is 2.37. The van der Waals surface area contributed by atoms with Gasteiger partial charge in [0.15, 0.2) is 0 Å². The molecule has 86 valence electrons. The molecule has 0 radical (unpaired) electrons. The first kappa shape index (κ1) is 11.3. The fraction of sp³-hybridized carbons (Fsp3) is 0.909. The summed E-state index contributed by atoms with van der Waals surface area (Å²) in [5.41, 5.74) is -0.278. The maximum atomic E-state index is 12.3. The summed E-state index contributed by atoms with van der Waals surface area (Å²) in [5.74, 6) is 2.52. The van der Waals surface area contributed by atoms with Crippen molar-refractivity contribution in [1.82, 2.24) is 10.2 Å². The Bertz CT molecular complexity index is 233. The topological polar surface area (TPSA) is 32.3 Å². The van der Waals surface area contributed by atoms with Crippen molar-refractivity contribution in [2.75, 3.05) is 31.1 Å². The zero-order chi connectivity index (χ0) is 10.7. The van der Waals surface area contributed by atoms with Crippen molar-refractivity contribution < 1.29 is 4.79 Å². The van der Waals surface area contributed by atoms with E-state index < -0.39 is 0 Å². The van der Waals surface area contributed by atoms with Gasteiger partial charge in [0, 0.05) is 24.6 Å². The van der Waals surface area contributed by atoms with Crippen LogP contribution in [0.2, 0.25) is 0 Å². The van der Waals surface area contributed by atoms with Crippen LogP contribution in [0, 0.1) is 0 Å². The van der Waals surface area contributed by atoms with Gasteiger partial charge in [-0.05, 0) is 32.7 Å². The van der Waals surface area contributed by atoms with Crippen molar-refractivity contribution >= 4 is 17.7 Å². The molecule has 4 heteroatoms. The van der Waals surface area contributed by atoms with Crippen LogP contribution in [0.1, 0.15) is 26.2 Å². The average molecular weight is 228 g/mol. The van der Waals surface area contributed by atoms with E-state index in [9.17, 15) is 4.79 Å². The zero-order valence-electron chi connectivity index (χ0n) is 9.42. The molecular weight excluding hydrogens is 208 g/mol. The molecule has 0 aromatic heterocycles. The van der Waals surface area contributed by atoms with Crippen LogP contribution in [0.25, 0.3) is 0 Å². The van der Waals surface area contributed by atoms with Gasteiger partial charge in [-0.25, -0.2) is 0 Å². The predicted molar refractivity (Wildman–Crippen MR) is 64.2 cm³/mol. The van der Waals surface area contributed by atoms with Crippen LogP contribution in [-0.2, 0) is 4.79 Å². The highest BCUT2D eigenvalue weighted by molar-refractivity contribution is 7.99. The first-order valence-corrected chi connectivity index (χ1v) is 7.00. The van der Waals surface area contributed by atoms with Gasteiger partial charge in [-0.1, -0.05) is 0 Å². The minimum absolute atomic E-state index is 0.278. The second-order valence-electron chi connectivity index (χ2n) is 4.62. The molecule has 0 bridgehead atoms. The van der Waals surface area contributed by atoms with Crippen LogP contribution < -0.4 is 5.32 Å². The zero-order valence-corrected chi connectivity index (χ0v) is 10.2. The number of nitrogens with one attached hydrogen (secondary N) is 1. The Morgan fingerprint density at radius 1 is 1.33 bits per heavy atom. The lowest BCUT2D eigenvalue weighted by molar-refractivity contribution is -0.138. The van der Waals surface area contributed by atoms with Crippen LogP contribution in [-0.4, -0.2) is 47.5 Å². The summed E-state index contributed by atoms with van der Waals surface area (Å²) in [7, 11) is 0. The van der Waals surface area contributed by atoms with Crippen molar-refractivity contribution in [2.24, 2.45) is 0 Å². The van der Waals surface area contributed by atoms with Crippen molar-refractivity contribution in [2.45, 2.75) is 31.7 Å². The molecule has 3 nitrogen and oxygen atoms in total. The smallest absolute Gasteiger partial charge is 0.242 e. The molecule has 2 aliphatic heterocycles. The van der Waals surface area contributed by atoms with E-state index in [4.69, 9.17) is 0 Å². The highest BCUT2D eigenvalue weighted by Crippen LogP contribution is 2.22. The molecule has 0 saturated carbocycles. The normalized spacial score (nSPS) is 32.7. The molecule has 0 aromatic rings. The minimum atomic E-state index is -0.278. The fourth-order valence-electron chi connectivity index (χ4n) is 2.35. The molecule has 2 heterocycles. The lowest BCUT2D eigenvalue weighted by atomic mass is 9.89. The molecule has 1 amide bonds. The Hall–Kier alpha value is -0.220. The van der Waals surface area contributed by atoms with E-state index in [-0.39, 0.29) is 5.54 Å². The fourth-order valence-corrected chi connectivity index (χ4v) is 3.26. The summed E-state index contributed by atoms with van der Waals surface area (Å²) < 4.78 is 0. The molecular formula is C11H20N2OS. The SMILES string of the molecule is CC1(C(=O)N2CCSCC2)CCCCN1. The second-order valence-corrected chi connectivity index (χ2v) is 5.85. The van der Waals surface area contributed by atoms with E-state index in [0.717, 1.165) is 37.6 Å². The van der Waals surface area contributed by atoms with E-state index >= 15 is 0 Å². The third-order valence-electron chi connectivity index (χ3n) is 3.39. The lowest BCUT2D eigenvalue weighted by Crippen LogP contribution is -2.59. The summed E-state index contributed by atoms with van der Waals surface area (Å²) >= 11 is 1.95. The molecule has 0 spiro atoms. The standard InChI is InChI=1S/C11H20N2OS/c1-11(4-2-3-5-12-11)10(14)13-6-8-15-9-7-13/h12H,2-9H2,1H3. The number of amides is 1. The highest BCUT2D eigenvalue weighted by atomic mass is 32.2. The number of hydrogen-bond donors (Lipinski definition) is 1. The number of piperidine rings is 1. The Morgan fingerprint density at radius 2 is 2.07 bits per heavy atom. The van der Waals surface area contributed by atoms with E-state index in [1.54, 1.807) is 0 Å². The van der Waals surface area contributed by atoms with Gasteiger partial charge in [0.25, 0.3) is 0 Å². The van der Waals surface area contributed by atoms with Gasteiger partial charge in [0.2, 0.25) is 5.91 Å². The summed E-state index contributed by atoms with van der Waals surface area (Å²) in [5, 5.41) is 3.39. The molecule has 1 atom stereocenters. The summed E-state index contributed by atoms with van der Waals surface area (Å²) in [6, 6.07) is 0. The van der Waals surface area contributed by atoms with Gasteiger partial charge in [0.1, 0.15) is 0 Å². The van der Waals surface area contributed by atoms with Crippen LogP contribution in [0.15, 0.2) is 0 Å². The van der Waals surface area contributed by atoms with Crippen LogP contribution in [0.3, 0.4) is 0 Å². The minimum Gasteiger partial charge on any atom is -0.339 e. The third-order valence-corrected chi connectivity index (χ3v) is 4.33. The molecule has 2 rings (SSSR count). The van der Waals surface area contributed by atoms with Crippen molar-refractivity contribution in [1.29, 1.82) is 0 Å². The first-order valence-electron chi connectivity index (χ1n) is 5.84. The first-order chi connectivity index (χ1) is 7.22. The van der Waals surface area contributed by atoms with Gasteiger partial charge in [-0.15, -0.1) is 0 Å². The van der Waals surface area contributed by atoms with Crippen LogP contribution in [0.5, 0.6) is 0 Å². The van der Waals surface area contributed by atoms with E-state index in [2.05, 4.69) is 12.2 Å². The van der Waals surface area contributed by atoms with Crippen LogP contribution in [0.4, 0.5) is 0 Å². The average Bonchev–Trinajstić information content (AvgIpc) is 2.30. The molecule has 1 N–H and O–H groups in total. The van der Waals surface area contributed by atoms with Gasteiger partial charge >= 0.3 is 0 Å². The largest absolute Gasteiger partial charge is 0.339 e. The number of hydrogen-bond acceptors (Lipinski definition) is 3. The number of thioether (sulfide) groups is 1. The predicted octanol–water partition coefficient (Wildman–Crippen LogP) is 1.09.